The summed E-state index contributed by atoms with van der Waals surface area (Å²) in [7, 11) is 0. The van der Waals surface area contributed by atoms with Gasteiger partial charge in [-0.1, -0.05) is 43.3 Å². The molecular weight excluding hydrogens is 406 g/mol. The third kappa shape index (κ3) is 7.36. The molecule has 3 aromatic rings. The third-order valence-corrected chi connectivity index (χ3v) is 4.43. The van der Waals surface area contributed by atoms with E-state index in [0.717, 1.165) is 5.75 Å². The summed E-state index contributed by atoms with van der Waals surface area (Å²) in [6.45, 7) is 2.62. The Balaban J connectivity index is 1.47. The summed E-state index contributed by atoms with van der Waals surface area (Å²) in [5, 5.41) is 8.69. The summed E-state index contributed by atoms with van der Waals surface area (Å²) >= 11 is 0. The number of hydrogen-bond donors (Lipinski definition) is 3. The quantitative estimate of drug-likeness (QED) is 0.386. The number of anilines is 3. The summed E-state index contributed by atoms with van der Waals surface area (Å²) in [4.78, 5) is 23.9. The van der Waals surface area contributed by atoms with Crippen LogP contribution in [-0.4, -0.2) is 31.6 Å². The lowest BCUT2D eigenvalue weighted by Crippen LogP contribution is -2.22. The van der Waals surface area contributed by atoms with Gasteiger partial charge >= 0.3 is 0 Å². The summed E-state index contributed by atoms with van der Waals surface area (Å²) in [5.41, 5.74) is 1.96. The molecule has 0 aliphatic rings. The second kappa shape index (κ2) is 12.0. The highest BCUT2D eigenvalue weighted by Gasteiger charge is 2.07. The first kappa shape index (κ1) is 22.7. The molecule has 0 aromatic heterocycles. The van der Waals surface area contributed by atoms with E-state index in [4.69, 9.17) is 9.47 Å². The van der Waals surface area contributed by atoms with Gasteiger partial charge in [0.15, 0.2) is 0 Å². The normalized spacial score (nSPS) is 10.2. The highest BCUT2D eigenvalue weighted by molar-refractivity contribution is 5.95. The maximum absolute atomic E-state index is 12.4. The smallest absolute Gasteiger partial charge is 0.243 e. The van der Waals surface area contributed by atoms with Gasteiger partial charge in [0, 0.05) is 17.8 Å². The van der Waals surface area contributed by atoms with E-state index in [9.17, 15) is 9.59 Å². The largest absolute Gasteiger partial charge is 0.490 e. The van der Waals surface area contributed by atoms with Gasteiger partial charge in [0.1, 0.15) is 24.7 Å². The van der Waals surface area contributed by atoms with Crippen molar-refractivity contribution in [2.24, 2.45) is 0 Å². The number of hydrogen-bond acceptors (Lipinski definition) is 5. The van der Waals surface area contributed by atoms with Crippen LogP contribution >= 0.6 is 0 Å². The molecule has 3 aromatic carbocycles. The predicted octanol–water partition coefficient (Wildman–Crippen LogP) is 4.54. The highest BCUT2D eigenvalue weighted by Crippen LogP contribution is 2.23. The summed E-state index contributed by atoms with van der Waals surface area (Å²) in [6.07, 6.45) is 0.389. The van der Waals surface area contributed by atoms with Gasteiger partial charge in [0.25, 0.3) is 0 Å². The van der Waals surface area contributed by atoms with Gasteiger partial charge in [-0.05, 0) is 42.5 Å². The van der Waals surface area contributed by atoms with Crippen molar-refractivity contribution in [1.82, 2.24) is 0 Å². The van der Waals surface area contributed by atoms with Gasteiger partial charge in [-0.3, -0.25) is 9.59 Å². The first-order valence-corrected chi connectivity index (χ1v) is 10.5. The highest BCUT2D eigenvalue weighted by atomic mass is 16.5. The van der Waals surface area contributed by atoms with E-state index in [-0.39, 0.29) is 18.4 Å². The van der Waals surface area contributed by atoms with Crippen LogP contribution in [-0.2, 0) is 9.59 Å². The minimum atomic E-state index is -0.216. The molecule has 0 fully saturated rings. The molecule has 0 saturated heterocycles. The number of amides is 2. The van der Waals surface area contributed by atoms with E-state index in [2.05, 4.69) is 16.0 Å². The first-order valence-electron chi connectivity index (χ1n) is 10.5. The van der Waals surface area contributed by atoms with E-state index >= 15 is 0 Å². The van der Waals surface area contributed by atoms with Crippen LogP contribution in [0, 0.1) is 0 Å². The molecule has 0 unspecified atom stereocenters. The molecular formula is C25H27N3O4. The van der Waals surface area contributed by atoms with Crippen LogP contribution < -0.4 is 25.4 Å². The van der Waals surface area contributed by atoms with Gasteiger partial charge in [-0.2, -0.15) is 0 Å². The minimum absolute atomic E-state index is 0.0619. The summed E-state index contributed by atoms with van der Waals surface area (Å²) < 4.78 is 11.5. The van der Waals surface area contributed by atoms with E-state index < -0.39 is 0 Å². The molecule has 0 spiro atoms. The van der Waals surface area contributed by atoms with Crippen molar-refractivity contribution in [3.05, 3.63) is 78.9 Å². The fourth-order valence-corrected chi connectivity index (χ4v) is 2.87. The molecule has 2 amide bonds. The van der Waals surface area contributed by atoms with E-state index in [0.29, 0.717) is 42.4 Å². The molecule has 7 heteroatoms. The standard InChI is InChI=1S/C25H27N3O4/c1-2-24(29)27-19-9-8-10-20(17-19)28-25(30)18-26-22-13-6-7-14-23(22)32-16-15-31-21-11-4-3-5-12-21/h3-14,17,26H,2,15-16,18H2,1H3,(H,27,29)(H,28,30). The van der Waals surface area contributed by atoms with Crippen molar-refractivity contribution in [3.8, 4) is 11.5 Å². The monoisotopic (exact) mass is 433 g/mol. The van der Waals surface area contributed by atoms with Crippen LogP contribution in [0.15, 0.2) is 78.9 Å². The number of benzene rings is 3. The van der Waals surface area contributed by atoms with E-state index in [1.165, 1.54) is 0 Å². The van der Waals surface area contributed by atoms with Crippen molar-refractivity contribution < 1.29 is 19.1 Å². The molecule has 3 rings (SSSR count). The Bertz CT molecular complexity index is 1020. The first-order chi connectivity index (χ1) is 15.6. The predicted molar refractivity (Wildman–Crippen MR) is 126 cm³/mol. The molecule has 166 valence electrons. The zero-order valence-electron chi connectivity index (χ0n) is 18.0. The molecule has 3 N–H and O–H groups in total. The van der Waals surface area contributed by atoms with Gasteiger partial charge in [0.2, 0.25) is 11.8 Å². The molecule has 0 radical (unpaired) electrons. The second-order valence-corrected chi connectivity index (χ2v) is 6.89. The van der Waals surface area contributed by atoms with Crippen LogP contribution in [0.5, 0.6) is 11.5 Å². The number of nitrogens with one attached hydrogen (secondary N) is 3. The number of ether oxygens (including phenoxy) is 2. The Kier molecular flexibility index (Phi) is 8.50. The fraction of sp³-hybridized carbons (Fsp3) is 0.200. The Morgan fingerprint density at radius 1 is 0.750 bits per heavy atom. The van der Waals surface area contributed by atoms with Crippen LogP contribution in [0.1, 0.15) is 13.3 Å². The van der Waals surface area contributed by atoms with Crippen molar-refractivity contribution >= 4 is 28.9 Å². The molecule has 32 heavy (non-hydrogen) atoms. The average molecular weight is 434 g/mol. The van der Waals surface area contributed by atoms with Crippen LogP contribution in [0.2, 0.25) is 0 Å². The van der Waals surface area contributed by atoms with Crippen molar-refractivity contribution in [3.63, 3.8) is 0 Å². The van der Waals surface area contributed by atoms with E-state index in [1.807, 2.05) is 54.6 Å². The molecule has 0 aliphatic carbocycles. The Morgan fingerprint density at radius 2 is 1.41 bits per heavy atom. The van der Waals surface area contributed by atoms with Gasteiger partial charge in [-0.15, -0.1) is 0 Å². The summed E-state index contributed by atoms with van der Waals surface area (Å²) in [5.74, 6) is 1.13. The molecule has 0 heterocycles. The van der Waals surface area contributed by atoms with Gasteiger partial charge in [-0.25, -0.2) is 0 Å². The number of para-hydroxylation sites is 3. The lowest BCUT2D eigenvalue weighted by atomic mass is 10.2. The third-order valence-electron chi connectivity index (χ3n) is 4.43. The maximum Gasteiger partial charge on any atom is 0.243 e. The zero-order chi connectivity index (χ0) is 22.6. The number of rotatable bonds is 11. The molecule has 7 nitrogen and oxygen atoms in total. The van der Waals surface area contributed by atoms with Crippen LogP contribution in [0.4, 0.5) is 17.1 Å². The van der Waals surface area contributed by atoms with Gasteiger partial charge < -0.3 is 25.4 Å². The Labute approximate surface area is 187 Å². The van der Waals surface area contributed by atoms with Crippen molar-refractivity contribution in [2.75, 3.05) is 35.7 Å². The topological polar surface area (TPSA) is 88.7 Å². The van der Waals surface area contributed by atoms with Crippen molar-refractivity contribution in [2.45, 2.75) is 13.3 Å². The summed E-state index contributed by atoms with van der Waals surface area (Å²) in [6, 6.07) is 24.0. The minimum Gasteiger partial charge on any atom is -0.490 e. The lowest BCUT2D eigenvalue weighted by molar-refractivity contribution is -0.116. The lowest BCUT2D eigenvalue weighted by Gasteiger charge is -2.14. The molecule has 0 aliphatic heterocycles. The molecule has 0 saturated carbocycles. The van der Waals surface area contributed by atoms with Crippen molar-refractivity contribution in [1.29, 1.82) is 0 Å². The van der Waals surface area contributed by atoms with E-state index in [1.54, 1.807) is 31.2 Å². The SMILES string of the molecule is CCC(=O)Nc1cccc(NC(=O)CNc2ccccc2OCCOc2ccccc2)c1. The molecule has 0 bridgehead atoms. The number of carbonyl (C=O) groups excluding carboxylic acids is 2. The Morgan fingerprint density at radius 3 is 2.16 bits per heavy atom. The second-order valence-electron chi connectivity index (χ2n) is 6.89. The fourth-order valence-electron chi connectivity index (χ4n) is 2.87. The van der Waals surface area contributed by atoms with Gasteiger partial charge in [0.05, 0.1) is 12.2 Å². The zero-order valence-corrected chi connectivity index (χ0v) is 18.0. The maximum atomic E-state index is 12.4. The van der Waals surface area contributed by atoms with Crippen LogP contribution in [0.3, 0.4) is 0 Å². The Hall–Kier alpha value is -4.00. The average Bonchev–Trinajstić information content (AvgIpc) is 2.82. The molecule has 0 atom stereocenters. The number of carbonyl (C=O) groups is 2. The van der Waals surface area contributed by atoms with Crippen LogP contribution in [0.25, 0.3) is 0 Å².